The van der Waals surface area contributed by atoms with E-state index in [1.807, 2.05) is 6.92 Å². The van der Waals surface area contributed by atoms with E-state index in [0.29, 0.717) is 24.7 Å². The summed E-state index contributed by atoms with van der Waals surface area (Å²) in [5.41, 5.74) is 0.978. The van der Waals surface area contributed by atoms with Crippen molar-refractivity contribution in [2.45, 2.75) is 51.5 Å². The molecule has 0 radical (unpaired) electrons. The van der Waals surface area contributed by atoms with Crippen LogP contribution in [-0.4, -0.2) is 18.4 Å². The van der Waals surface area contributed by atoms with Crippen molar-refractivity contribution in [1.29, 1.82) is 0 Å². The second-order valence-corrected chi connectivity index (χ2v) is 4.36. The highest BCUT2D eigenvalue weighted by molar-refractivity contribution is 5.80. The number of rotatable bonds is 5. The van der Waals surface area contributed by atoms with Crippen molar-refractivity contribution in [2.75, 3.05) is 6.54 Å². The highest BCUT2D eigenvalue weighted by atomic mass is 16.1. The average Bonchev–Trinajstić information content (AvgIpc) is 2.15. The Morgan fingerprint density at radius 1 is 1.50 bits per heavy atom. The summed E-state index contributed by atoms with van der Waals surface area (Å²) in [6, 6.07) is 0.581. The fourth-order valence-electron chi connectivity index (χ4n) is 1.93. The third-order valence-corrected chi connectivity index (χ3v) is 2.68. The second kappa shape index (κ2) is 5.97. The summed E-state index contributed by atoms with van der Waals surface area (Å²) >= 11 is 0. The number of allylic oxidation sites excluding steroid dienone is 1. The quantitative estimate of drug-likeness (QED) is 0.683. The highest BCUT2D eigenvalue weighted by Gasteiger charge is 2.13. The first-order valence-corrected chi connectivity index (χ1v) is 5.58. The van der Waals surface area contributed by atoms with Crippen LogP contribution < -0.4 is 5.32 Å². The molecule has 1 N–H and O–H groups in total. The molecule has 1 unspecified atom stereocenters. The number of ketones is 1. The van der Waals surface area contributed by atoms with Gasteiger partial charge in [-0.05, 0) is 32.7 Å². The van der Waals surface area contributed by atoms with Gasteiger partial charge in [-0.2, -0.15) is 0 Å². The zero-order valence-corrected chi connectivity index (χ0v) is 9.14. The lowest BCUT2D eigenvalue weighted by Crippen LogP contribution is -2.34. The molecular weight excluding hydrogens is 174 g/mol. The first-order valence-electron chi connectivity index (χ1n) is 5.58. The molecule has 0 aromatic rings. The summed E-state index contributed by atoms with van der Waals surface area (Å²) in [6.07, 6.45) is 6.12. The van der Waals surface area contributed by atoms with Crippen LogP contribution >= 0.6 is 0 Å². The lowest BCUT2D eigenvalue weighted by molar-refractivity contribution is -0.118. The molecule has 0 aliphatic carbocycles. The van der Waals surface area contributed by atoms with Crippen molar-refractivity contribution in [3.8, 4) is 0 Å². The second-order valence-electron chi connectivity index (χ2n) is 4.36. The molecule has 80 valence electrons. The third-order valence-electron chi connectivity index (χ3n) is 2.68. The maximum Gasteiger partial charge on any atom is 0.136 e. The molecule has 2 heteroatoms. The van der Waals surface area contributed by atoms with E-state index >= 15 is 0 Å². The Kier molecular flexibility index (Phi) is 4.88. The van der Waals surface area contributed by atoms with Crippen molar-refractivity contribution >= 4 is 5.78 Å². The number of piperidine rings is 1. The van der Waals surface area contributed by atoms with Crippen LogP contribution in [0.15, 0.2) is 12.2 Å². The first kappa shape index (κ1) is 11.4. The van der Waals surface area contributed by atoms with Crippen LogP contribution in [0.2, 0.25) is 0 Å². The average molecular weight is 195 g/mol. The lowest BCUT2D eigenvalue weighted by Gasteiger charge is -2.22. The highest BCUT2D eigenvalue weighted by Crippen LogP contribution is 2.13. The molecule has 0 spiro atoms. The van der Waals surface area contributed by atoms with Crippen molar-refractivity contribution in [3.05, 3.63) is 12.2 Å². The van der Waals surface area contributed by atoms with E-state index in [1.165, 1.54) is 19.3 Å². The molecule has 1 heterocycles. The van der Waals surface area contributed by atoms with Gasteiger partial charge in [-0.3, -0.25) is 4.79 Å². The van der Waals surface area contributed by atoms with Gasteiger partial charge in [-0.15, -0.1) is 0 Å². The fraction of sp³-hybridized carbons (Fsp3) is 0.750. The number of carbonyl (C=O) groups is 1. The van der Waals surface area contributed by atoms with E-state index in [-0.39, 0.29) is 0 Å². The molecule has 14 heavy (non-hydrogen) atoms. The Balaban J connectivity index is 2.12. The van der Waals surface area contributed by atoms with Crippen LogP contribution in [0.3, 0.4) is 0 Å². The van der Waals surface area contributed by atoms with Crippen molar-refractivity contribution < 1.29 is 4.79 Å². The molecule has 1 aliphatic heterocycles. The van der Waals surface area contributed by atoms with Crippen molar-refractivity contribution in [3.63, 3.8) is 0 Å². The zero-order valence-electron chi connectivity index (χ0n) is 9.14. The molecule has 0 saturated carbocycles. The molecule has 1 aliphatic rings. The SMILES string of the molecule is C=C(C)CC(=O)CCC1CCCCN1. The molecule has 0 aromatic carbocycles. The summed E-state index contributed by atoms with van der Waals surface area (Å²) in [4.78, 5) is 11.4. The molecular formula is C12H21NO. The summed E-state index contributed by atoms with van der Waals surface area (Å²) < 4.78 is 0. The van der Waals surface area contributed by atoms with E-state index in [1.54, 1.807) is 0 Å². The molecule has 0 aromatic heterocycles. The molecule has 0 bridgehead atoms. The number of Topliss-reactive ketones (excluding diaryl/α,β-unsaturated/α-hetero) is 1. The van der Waals surface area contributed by atoms with E-state index in [4.69, 9.17) is 0 Å². The van der Waals surface area contributed by atoms with Crippen LogP contribution in [-0.2, 0) is 4.79 Å². The summed E-state index contributed by atoms with van der Waals surface area (Å²) in [7, 11) is 0. The van der Waals surface area contributed by atoms with Gasteiger partial charge in [0.05, 0.1) is 0 Å². The van der Waals surface area contributed by atoms with Crippen LogP contribution in [0.5, 0.6) is 0 Å². The Labute approximate surface area is 86.8 Å². The Hall–Kier alpha value is -0.630. The minimum absolute atomic E-state index is 0.338. The molecule has 1 rings (SSSR count). The van der Waals surface area contributed by atoms with Crippen LogP contribution in [0, 0.1) is 0 Å². The minimum Gasteiger partial charge on any atom is -0.314 e. The number of carbonyl (C=O) groups excluding carboxylic acids is 1. The van der Waals surface area contributed by atoms with Crippen molar-refractivity contribution in [2.24, 2.45) is 0 Å². The molecule has 1 saturated heterocycles. The Morgan fingerprint density at radius 2 is 2.29 bits per heavy atom. The van der Waals surface area contributed by atoms with Gasteiger partial charge >= 0.3 is 0 Å². The topological polar surface area (TPSA) is 29.1 Å². The standard InChI is InChI=1S/C12H21NO/c1-10(2)9-12(14)7-6-11-5-3-4-8-13-11/h11,13H,1,3-9H2,2H3. The summed E-state index contributed by atoms with van der Waals surface area (Å²) in [6.45, 7) is 6.79. The smallest absolute Gasteiger partial charge is 0.136 e. The van der Waals surface area contributed by atoms with E-state index < -0.39 is 0 Å². The van der Waals surface area contributed by atoms with Gasteiger partial charge in [0.1, 0.15) is 5.78 Å². The third kappa shape index (κ3) is 4.56. The summed E-state index contributed by atoms with van der Waals surface area (Å²) in [5, 5.41) is 3.45. The normalized spacial score (nSPS) is 21.9. The largest absolute Gasteiger partial charge is 0.314 e. The van der Waals surface area contributed by atoms with Gasteiger partial charge in [0.15, 0.2) is 0 Å². The van der Waals surface area contributed by atoms with Gasteiger partial charge in [0, 0.05) is 18.9 Å². The summed E-state index contributed by atoms with van der Waals surface area (Å²) in [5.74, 6) is 0.338. The monoisotopic (exact) mass is 195 g/mol. The van der Waals surface area contributed by atoms with Gasteiger partial charge in [-0.1, -0.05) is 18.6 Å². The maximum absolute atomic E-state index is 11.4. The zero-order chi connectivity index (χ0) is 10.4. The number of hydrogen-bond acceptors (Lipinski definition) is 2. The van der Waals surface area contributed by atoms with Crippen LogP contribution in [0.1, 0.15) is 45.4 Å². The van der Waals surface area contributed by atoms with E-state index in [9.17, 15) is 4.79 Å². The molecule has 1 fully saturated rings. The number of hydrogen-bond donors (Lipinski definition) is 1. The van der Waals surface area contributed by atoms with E-state index in [2.05, 4.69) is 11.9 Å². The maximum atomic E-state index is 11.4. The van der Waals surface area contributed by atoms with Crippen LogP contribution in [0.4, 0.5) is 0 Å². The molecule has 0 amide bonds. The fourth-order valence-corrected chi connectivity index (χ4v) is 1.93. The van der Waals surface area contributed by atoms with Gasteiger partial charge in [-0.25, -0.2) is 0 Å². The number of nitrogens with one attached hydrogen (secondary N) is 1. The van der Waals surface area contributed by atoms with Crippen molar-refractivity contribution in [1.82, 2.24) is 5.32 Å². The lowest BCUT2D eigenvalue weighted by atomic mass is 9.98. The van der Waals surface area contributed by atoms with Gasteiger partial charge < -0.3 is 5.32 Å². The first-order chi connectivity index (χ1) is 6.68. The van der Waals surface area contributed by atoms with Gasteiger partial charge in [0.2, 0.25) is 0 Å². The Morgan fingerprint density at radius 3 is 2.86 bits per heavy atom. The minimum atomic E-state index is 0.338. The Bertz CT molecular complexity index is 204. The van der Waals surface area contributed by atoms with Gasteiger partial charge in [0.25, 0.3) is 0 Å². The molecule has 2 nitrogen and oxygen atoms in total. The van der Waals surface area contributed by atoms with Crippen LogP contribution in [0.25, 0.3) is 0 Å². The molecule has 1 atom stereocenters. The predicted octanol–water partition coefficient (Wildman–Crippen LogP) is 2.44. The predicted molar refractivity (Wildman–Crippen MR) is 59.3 cm³/mol. The van der Waals surface area contributed by atoms with E-state index in [0.717, 1.165) is 18.5 Å².